The molecule has 3 N–H and O–H groups in total. The lowest BCUT2D eigenvalue weighted by Gasteiger charge is -2.08. The molecule has 2 rings (SSSR count). The first kappa shape index (κ1) is 14.8. The van der Waals surface area contributed by atoms with E-state index in [1.54, 1.807) is 6.07 Å². The van der Waals surface area contributed by atoms with Gasteiger partial charge >= 0.3 is 0 Å². The molecular weight excluding hydrogens is 340 g/mol. The Labute approximate surface area is 129 Å². The van der Waals surface area contributed by atoms with E-state index in [0.29, 0.717) is 10.7 Å². The molecule has 0 radical (unpaired) electrons. The lowest BCUT2D eigenvalue weighted by molar-refractivity contribution is 0.318. The average molecular weight is 353 g/mol. The van der Waals surface area contributed by atoms with E-state index in [4.69, 9.17) is 10.9 Å². The van der Waals surface area contributed by atoms with Gasteiger partial charge in [-0.25, -0.2) is 9.97 Å². The van der Waals surface area contributed by atoms with Crippen molar-refractivity contribution in [3.63, 3.8) is 0 Å². The van der Waals surface area contributed by atoms with E-state index < -0.39 is 0 Å². The highest BCUT2D eigenvalue weighted by Gasteiger charge is 2.11. The predicted octanol–water partition coefficient (Wildman–Crippen LogP) is 3.10. The fourth-order valence-electron chi connectivity index (χ4n) is 1.68. The minimum absolute atomic E-state index is 0.0539. The van der Waals surface area contributed by atoms with Crippen molar-refractivity contribution in [2.24, 2.45) is 10.9 Å². The number of halogens is 1. The fourth-order valence-corrected chi connectivity index (χ4v) is 3.03. The third kappa shape index (κ3) is 3.49. The van der Waals surface area contributed by atoms with Crippen LogP contribution in [-0.4, -0.2) is 21.0 Å². The van der Waals surface area contributed by atoms with Crippen LogP contribution in [0.5, 0.6) is 0 Å². The van der Waals surface area contributed by atoms with Crippen LogP contribution in [0.1, 0.15) is 17.0 Å². The van der Waals surface area contributed by atoms with Crippen molar-refractivity contribution in [1.29, 1.82) is 0 Å². The Kier molecular flexibility index (Phi) is 4.61. The van der Waals surface area contributed by atoms with E-state index in [1.807, 2.05) is 32.0 Å². The molecule has 0 bridgehead atoms. The molecule has 0 spiro atoms. The number of nitrogens with two attached hydrogens (primary N) is 1. The normalized spacial score (nSPS) is 11.7. The fraction of sp³-hybridized carbons (Fsp3) is 0.154. The molecule has 0 saturated carbocycles. The molecule has 20 heavy (non-hydrogen) atoms. The molecule has 0 aliphatic heterocycles. The summed E-state index contributed by atoms with van der Waals surface area (Å²) in [5, 5.41) is 12.6. The molecule has 1 aromatic heterocycles. The maximum absolute atomic E-state index is 8.87. The van der Waals surface area contributed by atoms with Gasteiger partial charge in [0.15, 0.2) is 11.0 Å². The summed E-state index contributed by atoms with van der Waals surface area (Å²) in [6.07, 6.45) is 0. The number of aromatic nitrogens is 2. The Balaban J connectivity index is 2.43. The van der Waals surface area contributed by atoms with Gasteiger partial charge in [0.25, 0.3) is 0 Å². The molecule has 5 nitrogen and oxygen atoms in total. The topological polar surface area (TPSA) is 84.4 Å². The Morgan fingerprint density at radius 2 is 1.90 bits per heavy atom. The third-order valence-corrected chi connectivity index (χ3v) is 3.92. The number of nitrogens with zero attached hydrogens (tertiary/aromatic N) is 3. The van der Waals surface area contributed by atoms with Gasteiger partial charge in [-0.05, 0) is 49.9 Å². The lowest BCUT2D eigenvalue weighted by Crippen LogP contribution is -2.14. The number of oxime groups is 1. The highest BCUT2D eigenvalue weighted by atomic mass is 79.9. The molecule has 0 aliphatic carbocycles. The van der Waals surface area contributed by atoms with Crippen LogP contribution in [0, 0.1) is 13.8 Å². The SMILES string of the molecule is Cc1cc(C)nc(Sc2ccc(Br)cc2/C(N)=N/O)n1. The van der Waals surface area contributed by atoms with Gasteiger partial charge in [-0.2, -0.15) is 0 Å². The molecule has 0 unspecified atom stereocenters. The summed E-state index contributed by atoms with van der Waals surface area (Å²) >= 11 is 4.75. The first-order valence-corrected chi connectivity index (χ1v) is 7.38. The van der Waals surface area contributed by atoms with E-state index in [0.717, 1.165) is 20.8 Å². The van der Waals surface area contributed by atoms with Crippen LogP contribution in [0.4, 0.5) is 0 Å². The Bertz CT molecular complexity index is 655. The molecule has 1 aromatic carbocycles. The molecular formula is C13H13BrN4OS. The first-order chi connectivity index (χ1) is 9.49. The molecule has 0 amide bonds. The zero-order chi connectivity index (χ0) is 14.7. The monoisotopic (exact) mass is 352 g/mol. The Morgan fingerprint density at radius 3 is 2.50 bits per heavy atom. The summed E-state index contributed by atoms with van der Waals surface area (Å²) in [6, 6.07) is 7.47. The minimum Gasteiger partial charge on any atom is -0.409 e. The van der Waals surface area contributed by atoms with Crippen LogP contribution >= 0.6 is 27.7 Å². The first-order valence-electron chi connectivity index (χ1n) is 5.77. The molecule has 2 aromatic rings. The van der Waals surface area contributed by atoms with E-state index in [1.165, 1.54) is 11.8 Å². The van der Waals surface area contributed by atoms with Crippen molar-refractivity contribution < 1.29 is 5.21 Å². The van der Waals surface area contributed by atoms with Gasteiger partial charge in [-0.15, -0.1) is 0 Å². The number of benzene rings is 1. The Hall–Kier alpha value is -1.60. The van der Waals surface area contributed by atoms with Crippen molar-refractivity contribution in [3.05, 3.63) is 45.7 Å². The van der Waals surface area contributed by atoms with E-state index in [-0.39, 0.29) is 5.84 Å². The zero-order valence-electron chi connectivity index (χ0n) is 11.0. The quantitative estimate of drug-likeness (QED) is 0.291. The molecule has 0 fully saturated rings. The highest BCUT2D eigenvalue weighted by Crippen LogP contribution is 2.30. The van der Waals surface area contributed by atoms with E-state index in [9.17, 15) is 0 Å². The predicted molar refractivity (Wildman–Crippen MR) is 82.3 cm³/mol. The number of rotatable bonds is 3. The summed E-state index contributed by atoms with van der Waals surface area (Å²) in [5.41, 5.74) is 8.15. The Morgan fingerprint density at radius 1 is 1.25 bits per heavy atom. The summed E-state index contributed by atoms with van der Waals surface area (Å²) in [4.78, 5) is 9.58. The largest absolute Gasteiger partial charge is 0.409 e. The van der Waals surface area contributed by atoms with Gasteiger partial charge < -0.3 is 10.9 Å². The maximum Gasteiger partial charge on any atom is 0.192 e. The maximum atomic E-state index is 8.87. The van der Waals surface area contributed by atoms with Gasteiger partial charge in [-0.3, -0.25) is 0 Å². The molecule has 104 valence electrons. The van der Waals surface area contributed by atoms with Gasteiger partial charge in [0.05, 0.1) is 0 Å². The molecule has 0 atom stereocenters. The van der Waals surface area contributed by atoms with Gasteiger partial charge in [0.2, 0.25) is 0 Å². The van der Waals surface area contributed by atoms with Gasteiger partial charge in [-0.1, -0.05) is 21.1 Å². The second kappa shape index (κ2) is 6.23. The van der Waals surface area contributed by atoms with Crippen molar-refractivity contribution >= 4 is 33.5 Å². The van der Waals surface area contributed by atoms with Crippen molar-refractivity contribution in [3.8, 4) is 0 Å². The summed E-state index contributed by atoms with van der Waals surface area (Å²) in [5.74, 6) is 0.0539. The van der Waals surface area contributed by atoms with E-state index in [2.05, 4.69) is 31.1 Å². The second-order valence-electron chi connectivity index (χ2n) is 4.16. The van der Waals surface area contributed by atoms with Crippen molar-refractivity contribution in [1.82, 2.24) is 9.97 Å². The van der Waals surface area contributed by atoms with Crippen LogP contribution in [0.3, 0.4) is 0 Å². The van der Waals surface area contributed by atoms with Crippen LogP contribution in [0.15, 0.2) is 43.9 Å². The van der Waals surface area contributed by atoms with Crippen LogP contribution in [0.2, 0.25) is 0 Å². The third-order valence-electron chi connectivity index (χ3n) is 2.49. The van der Waals surface area contributed by atoms with Crippen LogP contribution in [-0.2, 0) is 0 Å². The highest BCUT2D eigenvalue weighted by molar-refractivity contribution is 9.10. The molecule has 0 saturated heterocycles. The average Bonchev–Trinajstić information content (AvgIpc) is 2.38. The van der Waals surface area contributed by atoms with Crippen LogP contribution in [0.25, 0.3) is 0 Å². The summed E-state index contributed by atoms with van der Waals surface area (Å²) in [6.45, 7) is 3.84. The summed E-state index contributed by atoms with van der Waals surface area (Å²) < 4.78 is 0.852. The summed E-state index contributed by atoms with van der Waals surface area (Å²) in [7, 11) is 0. The second-order valence-corrected chi connectivity index (χ2v) is 6.09. The standard InChI is InChI=1S/C13H13BrN4OS/c1-7-5-8(2)17-13(16-7)20-11-4-3-9(14)6-10(11)12(15)18-19/h3-6,19H,1-2H3,(H2,15,18). The van der Waals surface area contributed by atoms with Crippen molar-refractivity contribution in [2.75, 3.05) is 0 Å². The minimum atomic E-state index is 0.0539. The number of amidine groups is 1. The van der Waals surface area contributed by atoms with E-state index >= 15 is 0 Å². The lowest BCUT2D eigenvalue weighted by atomic mass is 10.2. The zero-order valence-corrected chi connectivity index (χ0v) is 13.4. The molecule has 0 aliphatic rings. The van der Waals surface area contributed by atoms with Gasteiger partial charge in [0, 0.05) is 26.3 Å². The van der Waals surface area contributed by atoms with Crippen molar-refractivity contribution in [2.45, 2.75) is 23.9 Å². The number of aryl methyl sites for hydroxylation is 2. The van der Waals surface area contributed by atoms with Gasteiger partial charge in [0.1, 0.15) is 0 Å². The molecule has 7 heteroatoms. The number of hydrogen-bond acceptors (Lipinski definition) is 5. The number of hydrogen-bond donors (Lipinski definition) is 2. The molecule has 1 heterocycles. The van der Waals surface area contributed by atoms with Crippen LogP contribution < -0.4 is 5.73 Å². The smallest absolute Gasteiger partial charge is 0.192 e.